The minimum absolute atomic E-state index is 0. The summed E-state index contributed by atoms with van der Waals surface area (Å²) < 4.78 is 36.7. The SMILES string of the molecule is CCN(CC)C(=O)CO/N=C(\C(=O)N[C@@H]1C(=O)N(S(=O)(=O)O)[C@@H]1COC(N)=O)c1csc(N)n1.[NaH]. The third-order valence-electron chi connectivity index (χ3n) is 4.54. The summed E-state index contributed by atoms with van der Waals surface area (Å²) in [5.41, 5.74) is 9.93. The number of carbonyl (C=O) groups is 4. The molecule has 19 heteroatoms. The van der Waals surface area contributed by atoms with E-state index < -0.39 is 65.1 Å². The van der Waals surface area contributed by atoms with Crippen molar-refractivity contribution in [2.75, 3.05) is 32.0 Å². The Bertz CT molecular complexity index is 1090. The average molecular weight is 546 g/mol. The first-order valence-corrected chi connectivity index (χ1v) is 11.9. The first-order chi connectivity index (χ1) is 15.9. The summed E-state index contributed by atoms with van der Waals surface area (Å²) in [4.78, 5) is 58.5. The van der Waals surface area contributed by atoms with Gasteiger partial charge in [0.2, 0.25) is 0 Å². The van der Waals surface area contributed by atoms with Gasteiger partial charge in [-0.3, -0.25) is 18.9 Å². The zero-order chi connectivity index (χ0) is 25.6. The topological polar surface area (TPSA) is 237 Å². The van der Waals surface area contributed by atoms with Gasteiger partial charge < -0.3 is 31.3 Å². The Morgan fingerprint density at radius 2 is 1.97 bits per heavy atom. The Kier molecular flexibility index (Phi) is 11.3. The van der Waals surface area contributed by atoms with Gasteiger partial charge in [0.25, 0.3) is 17.7 Å². The van der Waals surface area contributed by atoms with Gasteiger partial charge in [0, 0.05) is 18.5 Å². The molecule has 16 nitrogen and oxygen atoms in total. The number of likely N-dealkylation sites (N-methyl/N-ethyl adjacent to an activating group) is 1. The van der Waals surface area contributed by atoms with Crippen molar-refractivity contribution in [1.29, 1.82) is 0 Å². The number of amides is 4. The maximum atomic E-state index is 12.9. The number of oxime groups is 1. The third-order valence-corrected chi connectivity index (χ3v) is 6.16. The van der Waals surface area contributed by atoms with Crippen LogP contribution in [-0.4, -0.2) is 125 Å². The molecule has 1 saturated heterocycles. The van der Waals surface area contributed by atoms with E-state index in [1.165, 1.54) is 10.3 Å². The van der Waals surface area contributed by atoms with E-state index in [9.17, 15) is 32.1 Å². The van der Waals surface area contributed by atoms with Crippen LogP contribution in [0, 0.1) is 0 Å². The summed E-state index contributed by atoms with van der Waals surface area (Å²) >= 11 is 0.973. The standard InChI is InChI=1S/C16H23N7O9S2.Na.H/c1-3-22(4-2)10(24)6-32-21-11(8-7-33-15(17)19-8)13(25)20-12-9(5-31-16(18)27)23(14(12)26)34(28,29)30;;/h7,9,12H,3-6H2,1-2H3,(H2,17,19)(H2,18,27)(H,20,25)(H,28,29,30);;/b21-11-;;/t9-,12+;;/m1../s1. The van der Waals surface area contributed by atoms with Crippen LogP contribution in [0.15, 0.2) is 10.5 Å². The monoisotopic (exact) mass is 545 g/mol. The van der Waals surface area contributed by atoms with Gasteiger partial charge >= 0.3 is 46.0 Å². The Hall–Kier alpha value is -2.51. The molecule has 2 atom stereocenters. The molecule has 0 saturated carbocycles. The zero-order valence-corrected chi connectivity index (χ0v) is 19.7. The molecule has 0 radical (unpaired) electrons. The zero-order valence-electron chi connectivity index (χ0n) is 18.0. The molecule has 0 aliphatic carbocycles. The van der Waals surface area contributed by atoms with E-state index in [0.717, 1.165) is 11.3 Å². The number of rotatable bonds is 11. The first kappa shape index (κ1) is 30.5. The van der Waals surface area contributed by atoms with Gasteiger partial charge in [-0.1, -0.05) is 5.16 Å². The number of nitrogen functional groups attached to an aromatic ring is 1. The number of β-lactam (4-membered cyclic amide) rings is 1. The number of hydrogen-bond donors (Lipinski definition) is 4. The fourth-order valence-electron chi connectivity index (χ4n) is 2.92. The van der Waals surface area contributed by atoms with Crippen molar-refractivity contribution in [1.82, 2.24) is 19.5 Å². The molecular formula is C16H24N7NaO9S2. The molecule has 0 unspecified atom stereocenters. The maximum absolute atomic E-state index is 12.9. The molecular weight excluding hydrogens is 521 g/mol. The number of nitrogens with one attached hydrogen (secondary N) is 1. The minimum atomic E-state index is -5.01. The predicted molar refractivity (Wildman–Crippen MR) is 124 cm³/mol. The molecule has 1 aromatic rings. The molecule has 35 heavy (non-hydrogen) atoms. The summed E-state index contributed by atoms with van der Waals surface area (Å²) in [6.45, 7) is 3.17. The van der Waals surface area contributed by atoms with Gasteiger partial charge in [0.15, 0.2) is 17.5 Å². The van der Waals surface area contributed by atoms with Crippen molar-refractivity contribution < 1.29 is 41.7 Å². The van der Waals surface area contributed by atoms with E-state index in [1.807, 2.05) is 0 Å². The summed E-state index contributed by atoms with van der Waals surface area (Å²) in [5.74, 6) is -2.64. The molecule has 2 heterocycles. The molecule has 4 amide bonds. The molecule has 1 aromatic heterocycles. The fraction of sp³-hybridized carbons (Fsp3) is 0.500. The quantitative estimate of drug-likeness (QED) is 0.0731. The van der Waals surface area contributed by atoms with E-state index in [2.05, 4.69) is 20.2 Å². The molecule has 2 rings (SSSR count). The molecule has 0 spiro atoms. The van der Waals surface area contributed by atoms with Crippen molar-refractivity contribution >= 4 is 85.9 Å². The molecule has 0 aromatic carbocycles. The number of nitrogens with two attached hydrogens (primary N) is 2. The van der Waals surface area contributed by atoms with Crippen LogP contribution in [0.1, 0.15) is 19.5 Å². The second-order valence-corrected chi connectivity index (χ2v) is 8.79. The van der Waals surface area contributed by atoms with Gasteiger partial charge in [-0.05, 0) is 13.8 Å². The van der Waals surface area contributed by atoms with Crippen molar-refractivity contribution in [2.45, 2.75) is 25.9 Å². The van der Waals surface area contributed by atoms with E-state index in [-0.39, 0.29) is 44.7 Å². The van der Waals surface area contributed by atoms with Gasteiger partial charge in [0.05, 0.1) is 0 Å². The Balaban J connectivity index is 0.00000612. The van der Waals surface area contributed by atoms with E-state index in [4.69, 9.17) is 16.3 Å². The van der Waals surface area contributed by atoms with Gasteiger partial charge in [-0.25, -0.2) is 14.1 Å². The Morgan fingerprint density at radius 3 is 2.46 bits per heavy atom. The van der Waals surface area contributed by atoms with E-state index in [0.29, 0.717) is 13.1 Å². The Labute approximate surface area is 226 Å². The molecule has 1 aliphatic rings. The number of thiazole rings is 1. The van der Waals surface area contributed by atoms with Crippen LogP contribution >= 0.6 is 11.3 Å². The summed E-state index contributed by atoms with van der Waals surface area (Å²) in [6.07, 6.45) is -1.27. The van der Waals surface area contributed by atoms with Crippen molar-refractivity contribution in [2.24, 2.45) is 10.9 Å². The Morgan fingerprint density at radius 1 is 1.34 bits per heavy atom. The average Bonchev–Trinajstić information content (AvgIpc) is 3.17. The summed E-state index contributed by atoms with van der Waals surface area (Å²) in [7, 11) is -5.01. The van der Waals surface area contributed by atoms with E-state index in [1.54, 1.807) is 13.8 Å². The molecule has 0 bridgehead atoms. The van der Waals surface area contributed by atoms with Crippen molar-refractivity contribution in [3.05, 3.63) is 11.1 Å². The van der Waals surface area contributed by atoms with E-state index >= 15 is 0 Å². The van der Waals surface area contributed by atoms with Crippen LogP contribution in [0.25, 0.3) is 0 Å². The van der Waals surface area contributed by atoms with Crippen molar-refractivity contribution in [3.8, 4) is 0 Å². The molecule has 1 fully saturated rings. The van der Waals surface area contributed by atoms with Gasteiger partial charge in [-0.2, -0.15) is 8.42 Å². The third kappa shape index (κ3) is 7.74. The molecule has 1 aliphatic heterocycles. The van der Waals surface area contributed by atoms with Crippen LogP contribution in [0.5, 0.6) is 0 Å². The first-order valence-electron chi connectivity index (χ1n) is 9.63. The second-order valence-electron chi connectivity index (χ2n) is 6.61. The van der Waals surface area contributed by atoms with Gasteiger partial charge in [0.1, 0.15) is 24.4 Å². The number of ether oxygens (including phenoxy) is 1. The number of hydrogen-bond acceptors (Lipinski definition) is 12. The number of nitrogens with zero attached hydrogens (tertiary/aromatic N) is 4. The van der Waals surface area contributed by atoms with Crippen LogP contribution in [0.3, 0.4) is 0 Å². The van der Waals surface area contributed by atoms with Crippen molar-refractivity contribution in [3.63, 3.8) is 0 Å². The normalized spacial score (nSPS) is 17.6. The molecule has 190 valence electrons. The van der Waals surface area contributed by atoms with Crippen LogP contribution in [-0.2, 0) is 34.3 Å². The fourth-order valence-corrected chi connectivity index (χ4v) is 4.34. The number of aromatic nitrogens is 1. The van der Waals surface area contributed by atoms with Crippen LogP contribution in [0.4, 0.5) is 9.93 Å². The summed E-state index contributed by atoms with van der Waals surface area (Å²) in [6, 6.07) is -3.02. The molecule has 6 N–H and O–H groups in total. The van der Waals surface area contributed by atoms with Crippen LogP contribution < -0.4 is 16.8 Å². The number of primary amides is 1. The predicted octanol–water partition coefficient (Wildman–Crippen LogP) is -2.74. The van der Waals surface area contributed by atoms with Gasteiger partial charge in [-0.15, -0.1) is 11.3 Å². The number of carbonyl (C=O) groups excluding carboxylic acids is 4. The summed E-state index contributed by atoms with van der Waals surface area (Å²) in [5, 5.41) is 7.31. The second kappa shape index (κ2) is 13.0. The number of anilines is 1. The van der Waals surface area contributed by atoms with Crippen LogP contribution in [0.2, 0.25) is 0 Å².